The number of carbonyl (C=O) groups is 2. The number of alkyl halides is 3. The first-order valence-electron chi connectivity index (χ1n) is 14.7. The molecule has 0 saturated carbocycles. The van der Waals surface area contributed by atoms with Gasteiger partial charge < -0.3 is 14.8 Å². The SMILES string of the molecule is CC(=O)NCC(F)(F)F.CCC(C)CC1(CC)C(=O)N(Cc2cc3cc(Cl)ccc3n2CCCS(C)(=O)=O)c2ccccc21. The van der Waals surface area contributed by atoms with Crippen LogP contribution in [0.15, 0.2) is 48.5 Å². The molecular weight excluding hydrogens is 615 g/mol. The predicted octanol–water partition coefficient (Wildman–Crippen LogP) is 7.05. The van der Waals surface area contributed by atoms with Crippen molar-refractivity contribution in [2.45, 2.75) is 78.1 Å². The van der Waals surface area contributed by atoms with Gasteiger partial charge in [0, 0.05) is 47.0 Å². The van der Waals surface area contributed by atoms with Crippen LogP contribution >= 0.6 is 11.6 Å². The summed E-state index contributed by atoms with van der Waals surface area (Å²) in [5.74, 6) is 0.0512. The van der Waals surface area contributed by atoms with Crippen molar-refractivity contribution < 1.29 is 31.2 Å². The zero-order chi connectivity index (χ0) is 32.9. The molecule has 242 valence electrons. The van der Waals surface area contributed by atoms with Crippen molar-refractivity contribution >= 4 is 49.8 Å². The van der Waals surface area contributed by atoms with Crippen LogP contribution in [0.3, 0.4) is 0 Å². The lowest BCUT2D eigenvalue weighted by Gasteiger charge is -2.30. The number of para-hydroxylation sites is 1. The molecule has 0 bridgehead atoms. The smallest absolute Gasteiger partial charge is 0.347 e. The molecule has 1 aliphatic heterocycles. The number of benzene rings is 2. The van der Waals surface area contributed by atoms with Gasteiger partial charge in [-0.1, -0.05) is 57.0 Å². The lowest BCUT2D eigenvalue weighted by molar-refractivity contribution is -0.137. The van der Waals surface area contributed by atoms with E-state index in [4.69, 9.17) is 11.6 Å². The number of anilines is 1. The molecule has 1 N–H and O–H groups in total. The number of fused-ring (bicyclic) bond motifs is 2. The van der Waals surface area contributed by atoms with Gasteiger partial charge >= 0.3 is 6.18 Å². The van der Waals surface area contributed by atoms with Crippen molar-refractivity contribution in [3.8, 4) is 0 Å². The fraction of sp³-hybridized carbons (Fsp3) is 0.500. The van der Waals surface area contributed by atoms with Crippen LogP contribution in [0.2, 0.25) is 5.02 Å². The zero-order valence-corrected chi connectivity index (χ0v) is 27.4. The van der Waals surface area contributed by atoms with Gasteiger partial charge in [-0.05, 0) is 61.1 Å². The summed E-state index contributed by atoms with van der Waals surface area (Å²) in [6, 6.07) is 16.0. The monoisotopic (exact) mass is 655 g/mol. The number of sulfone groups is 1. The average Bonchev–Trinajstić information content (AvgIpc) is 3.39. The van der Waals surface area contributed by atoms with Crippen LogP contribution in [0.1, 0.15) is 64.6 Å². The van der Waals surface area contributed by atoms with Crippen LogP contribution in [0.4, 0.5) is 18.9 Å². The molecule has 4 rings (SSSR count). The number of amides is 2. The van der Waals surface area contributed by atoms with Crippen LogP contribution in [0.5, 0.6) is 0 Å². The number of hydrogen-bond acceptors (Lipinski definition) is 4. The number of aryl methyl sites for hydroxylation is 1. The predicted molar refractivity (Wildman–Crippen MR) is 170 cm³/mol. The van der Waals surface area contributed by atoms with E-state index in [1.807, 2.05) is 35.2 Å². The van der Waals surface area contributed by atoms with Crippen molar-refractivity contribution in [1.82, 2.24) is 9.88 Å². The van der Waals surface area contributed by atoms with E-state index in [9.17, 15) is 31.2 Å². The van der Waals surface area contributed by atoms with Gasteiger partial charge in [-0.3, -0.25) is 9.59 Å². The molecule has 12 heteroatoms. The highest BCUT2D eigenvalue weighted by Crippen LogP contribution is 2.48. The maximum atomic E-state index is 14.1. The van der Waals surface area contributed by atoms with Crippen molar-refractivity contribution in [2.24, 2.45) is 5.92 Å². The highest BCUT2D eigenvalue weighted by atomic mass is 35.5. The highest BCUT2D eigenvalue weighted by molar-refractivity contribution is 7.90. The second-order valence-corrected chi connectivity index (χ2v) is 14.3. The normalized spacial score (nSPS) is 17.3. The molecule has 1 aliphatic rings. The lowest BCUT2D eigenvalue weighted by atomic mass is 9.72. The largest absolute Gasteiger partial charge is 0.405 e. The van der Waals surface area contributed by atoms with Crippen molar-refractivity contribution in [3.05, 3.63) is 64.8 Å². The summed E-state index contributed by atoms with van der Waals surface area (Å²) in [6.07, 6.45) is 0.104. The number of nitrogens with zero attached hydrogens (tertiary/aromatic N) is 2. The molecule has 44 heavy (non-hydrogen) atoms. The number of rotatable bonds is 11. The summed E-state index contributed by atoms with van der Waals surface area (Å²) >= 11 is 6.27. The Bertz CT molecular complexity index is 1590. The summed E-state index contributed by atoms with van der Waals surface area (Å²) < 4.78 is 59.2. The number of hydrogen-bond donors (Lipinski definition) is 1. The minimum Gasteiger partial charge on any atom is -0.347 e. The van der Waals surface area contributed by atoms with E-state index in [2.05, 4.69) is 43.5 Å². The number of aromatic nitrogens is 1. The van der Waals surface area contributed by atoms with Gasteiger partial charge in [0.2, 0.25) is 11.8 Å². The maximum absolute atomic E-state index is 14.1. The summed E-state index contributed by atoms with van der Waals surface area (Å²) in [4.78, 5) is 25.9. The van der Waals surface area contributed by atoms with E-state index >= 15 is 0 Å². The van der Waals surface area contributed by atoms with Gasteiger partial charge in [-0.25, -0.2) is 8.42 Å². The third-order valence-electron chi connectivity index (χ3n) is 8.07. The van der Waals surface area contributed by atoms with Gasteiger partial charge in [0.1, 0.15) is 16.4 Å². The van der Waals surface area contributed by atoms with Crippen LogP contribution in [0.25, 0.3) is 10.9 Å². The highest BCUT2D eigenvalue weighted by Gasteiger charge is 2.49. The minimum absolute atomic E-state index is 0.124. The average molecular weight is 656 g/mol. The quantitative estimate of drug-likeness (QED) is 0.240. The molecule has 2 unspecified atom stereocenters. The van der Waals surface area contributed by atoms with E-state index in [0.29, 0.717) is 30.5 Å². The van der Waals surface area contributed by atoms with Crippen molar-refractivity contribution in [3.63, 3.8) is 0 Å². The van der Waals surface area contributed by atoms with Gasteiger partial charge in [0.25, 0.3) is 0 Å². The zero-order valence-electron chi connectivity index (χ0n) is 25.8. The maximum Gasteiger partial charge on any atom is 0.405 e. The molecule has 2 heterocycles. The molecule has 3 aromatic rings. The Labute approximate surface area is 262 Å². The van der Waals surface area contributed by atoms with Gasteiger partial charge in [-0.2, -0.15) is 13.2 Å². The van der Waals surface area contributed by atoms with E-state index in [1.165, 1.54) is 6.26 Å². The van der Waals surface area contributed by atoms with E-state index in [1.54, 1.807) is 5.32 Å². The first-order valence-corrected chi connectivity index (χ1v) is 17.1. The number of nitrogens with one attached hydrogen (secondary N) is 1. The molecule has 0 fully saturated rings. The summed E-state index contributed by atoms with van der Waals surface area (Å²) in [5, 5.41) is 3.27. The van der Waals surface area contributed by atoms with Crippen molar-refractivity contribution in [2.75, 3.05) is 23.5 Å². The van der Waals surface area contributed by atoms with Gasteiger partial charge in [-0.15, -0.1) is 0 Å². The van der Waals surface area contributed by atoms with E-state index < -0.39 is 33.9 Å². The molecule has 2 aromatic carbocycles. The Morgan fingerprint density at radius 1 is 1.11 bits per heavy atom. The molecule has 2 atom stereocenters. The molecule has 0 aliphatic carbocycles. The van der Waals surface area contributed by atoms with Gasteiger partial charge in [0.05, 0.1) is 17.7 Å². The van der Waals surface area contributed by atoms with Crippen LogP contribution < -0.4 is 10.2 Å². The summed E-state index contributed by atoms with van der Waals surface area (Å²) in [5.41, 5.74) is 3.57. The Balaban J connectivity index is 0.000000512. The lowest BCUT2D eigenvalue weighted by Crippen LogP contribution is -2.41. The Kier molecular flexibility index (Phi) is 11.6. The van der Waals surface area contributed by atoms with Crippen molar-refractivity contribution in [1.29, 1.82) is 0 Å². The topological polar surface area (TPSA) is 88.5 Å². The summed E-state index contributed by atoms with van der Waals surface area (Å²) in [6.45, 7) is 7.29. The molecule has 7 nitrogen and oxygen atoms in total. The van der Waals surface area contributed by atoms with Crippen LogP contribution in [0, 0.1) is 5.92 Å². The van der Waals surface area contributed by atoms with Gasteiger partial charge in [0.15, 0.2) is 0 Å². The second-order valence-electron chi connectivity index (χ2n) is 11.6. The first kappa shape index (κ1) is 35.4. The molecular formula is C32H41ClF3N3O4S. The molecule has 1 aromatic heterocycles. The Hall–Kier alpha value is -3.05. The fourth-order valence-corrected chi connectivity index (χ4v) is 6.58. The standard InChI is InChI=1S/C28H35ClN2O3S.C4H6F3NO/c1-5-20(3)18-28(6-2)24-10-7-8-11-26(24)31(27(28)32)19-23-17-21-16-22(29)12-13-25(21)30(23)14-9-15-35(4,33)34;1-3(9)8-2-4(5,6)7/h7-8,10-13,16-17,20H,5-6,9,14-15,18-19H2,1-4H3;2H2,1H3,(H,8,9). The van der Waals surface area contributed by atoms with Crippen LogP contribution in [-0.2, 0) is 37.9 Å². The summed E-state index contributed by atoms with van der Waals surface area (Å²) in [7, 11) is -3.05. The Morgan fingerprint density at radius 2 is 1.80 bits per heavy atom. The Morgan fingerprint density at radius 3 is 2.36 bits per heavy atom. The van der Waals surface area contributed by atoms with E-state index in [0.717, 1.165) is 54.0 Å². The number of carbonyl (C=O) groups excluding carboxylic acids is 2. The third-order valence-corrected chi connectivity index (χ3v) is 9.33. The third kappa shape index (κ3) is 8.78. The molecule has 2 amide bonds. The molecule has 0 radical (unpaired) electrons. The minimum atomic E-state index is -4.30. The first-order chi connectivity index (χ1) is 20.5. The molecule has 0 spiro atoms. The number of halogens is 4. The fourth-order valence-electron chi connectivity index (χ4n) is 5.74. The second kappa shape index (κ2) is 14.4. The van der Waals surface area contributed by atoms with E-state index in [-0.39, 0.29) is 11.7 Å². The van der Waals surface area contributed by atoms with Crippen LogP contribution in [-0.4, -0.2) is 49.5 Å². The molecule has 0 saturated heterocycles.